The molecule has 0 saturated heterocycles. The van der Waals surface area contributed by atoms with Crippen LogP contribution in [0, 0.1) is 0 Å². The molecule has 0 radical (unpaired) electrons. The quantitative estimate of drug-likeness (QED) is 0.906. The average molecular weight is 276 g/mol. The first kappa shape index (κ1) is 13.4. The fourth-order valence-electron chi connectivity index (χ4n) is 1.73. The van der Waals surface area contributed by atoms with Gasteiger partial charge in [0.25, 0.3) is 5.91 Å². The molecule has 0 atom stereocenters. The molecule has 1 amide bonds. The Balaban J connectivity index is 2.48. The molecule has 0 aliphatic heterocycles. The van der Waals surface area contributed by atoms with Crippen molar-refractivity contribution in [2.75, 3.05) is 19.4 Å². The van der Waals surface area contributed by atoms with Gasteiger partial charge in [-0.25, -0.2) is 4.98 Å². The summed E-state index contributed by atoms with van der Waals surface area (Å²) in [5.41, 5.74) is 2.71. The molecule has 2 N–H and O–H groups in total. The van der Waals surface area contributed by atoms with Gasteiger partial charge in [-0.15, -0.1) is 0 Å². The number of nitrogens with zero attached hydrogens (tertiary/aromatic N) is 1. The smallest absolute Gasteiger partial charge is 0.271 e. The van der Waals surface area contributed by atoms with E-state index < -0.39 is 0 Å². The highest BCUT2D eigenvalue weighted by Crippen LogP contribution is 2.23. The van der Waals surface area contributed by atoms with Crippen LogP contribution >= 0.6 is 11.6 Å². The maximum atomic E-state index is 11.8. The highest BCUT2D eigenvalue weighted by molar-refractivity contribution is 6.30. The van der Waals surface area contributed by atoms with E-state index >= 15 is 0 Å². The van der Waals surface area contributed by atoms with Crippen LogP contribution in [0.2, 0.25) is 5.02 Å². The molecule has 2 aromatic rings. The van der Waals surface area contributed by atoms with Crippen LogP contribution in [0.3, 0.4) is 0 Å². The SMILES string of the molecule is CNC(=O)c1nc(-c2ccc(Cl)cc2)ccc1NC. The van der Waals surface area contributed by atoms with Crippen molar-refractivity contribution in [2.24, 2.45) is 0 Å². The van der Waals surface area contributed by atoms with Crippen LogP contribution in [-0.4, -0.2) is 25.0 Å². The monoisotopic (exact) mass is 275 g/mol. The van der Waals surface area contributed by atoms with Crippen LogP contribution in [0.25, 0.3) is 11.3 Å². The van der Waals surface area contributed by atoms with Crippen LogP contribution in [0.4, 0.5) is 5.69 Å². The fourth-order valence-corrected chi connectivity index (χ4v) is 1.86. The van der Waals surface area contributed by atoms with Gasteiger partial charge >= 0.3 is 0 Å². The summed E-state index contributed by atoms with van der Waals surface area (Å²) in [5, 5.41) is 6.20. The van der Waals surface area contributed by atoms with Gasteiger partial charge in [-0.1, -0.05) is 23.7 Å². The number of rotatable bonds is 3. The van der Waals surface area contributed by atoms with Gasteiger partial charge in [0.15, 0.2) is 5.69 Å². The topological polar surface area (TPSA) is 54.0 Å². The zero-order valence-corrected chi connectivity index (χ0v) is 11.5. The third kappa shape index (κ3) is 2.85. The molecular weight excluding hydrogens is 262 g/mol. The van der Waals surface area contributed by atoms with Crippen molar-refractivity contribution in [1.82, 2.24) is 10.3 Å². The molecule has 0 unspecified atom stereocenters. The third-order valence-corrected chi connectivity index (χ3v) is 3.00. The van der Waals surface area contributed by atoms with E-state index in [1.165, 1.54) is 0 Å². The summed E-state index contributed by atoms with van der Waals surface area (Å²) in [6.07, 6.45) is 0. The van der Waals surface area contributed by atoms with E-state index in [-0.39, 0.29) is 5.91 Å². The first-order valence-corrected chi connectivity index (χ1v) is 6.20. The van der Waals surface area contributed by atoms with Gasteiger partial charge in [0.1, 0.15) is 0 Å². The molecule has 0 saturated carbocycles. The predicted molar refractivity (Wildman–Crippen MR) is 77.6 cm³/mol. The zero-order valence-electron chi connectivity index (χ0n) is 10.7. The fraction of sp³-hybridized carbons (Fsp3) is 0.143. The Morgan fingerprint density at radius 2 is 1.79 bits per heavy atom. The minimum atomic E-state index is -0.222. The molecule has 2 rings (SSSR count). The van der Waals surface area contributed by atoms with Crippen molar-refractivity contribution >= 4 is 23.2 Å². The lowest BCUT2D eigenvalue weighted by Gasteiger charge is -2.09. The maximum absolute atomic E-state index is 11.8. The molecule has 1 aromatic carbocycles. The molecule has 98 valence electrons. The number of aromatic nitrogens is 1. The van der Waals surface area contributed by atoms with Crippen molar-refractivity contribution < 1.29 is 4.79 Å². The van der Waals surface area contributed by atoms with Gasteiger partial charge in [0.2, 0.25) is 0 Å². The molecule has 0 fully saturated rings. The normalized spacial score (nSPS) is 10.1. The van der Waals surface area contributed by atoms with Crippen LogP contribution in [0.5, 0.6) is 0 Å². The van der Waals surface area contributed by atoms with E-state index in [1.54, 1.807) is 26.2 Å². The first-order valence-electron chi connectivity index (χ1n) is 5.82. The summed E-state index contributed by atoms with van der Waals surface area (Å²) in [4.78, 5) is 16.2. The van der Waals surface area contributed by atoms with E-state index in [1.807, 2.05) is 24.3 Å². The number of halogens is 1. The molecular formula is C14H14ClN3O. The Bertz CT molecular complexity index is 596. The highest BCUT2D eigenvalue weighted by atomic mass is 35.5. The zero-order chi connectivity index (χ0) is 13.8. The second-order valence-corrected chi connectivity index (χ2v) is 4.37. The number of hydrogen-bond acceptors (Lipinski definition) is 3. The molecule has 0 bridgehead atoms. The van der Waals surface area contributed by atoms with Crippen LogP contribution in [0.15, 0.2) is 36.4 Å². The molecule has 1 aromatic heterocycles. The summed E-state index contributed by atoms with van der Waals surface area (Å²) >= 11 is 5.86. The molecule has 4 nitrogen and oxygen atoms in total. The standard InChI is InChI=1S/C14H14ClN3O/c1-16-12-8-7-11(18-13(12)14(19)17-2)9-3-5-10(15)6-4-9/h3-8,16H,1-2H3,(H,17,19). The van der Waals surface area contributed by atoms with Gasteiger partial charge in [0.05, 0.1) is 11.4 Å². The lowest BCUT2D eigenvalue weighted by Crippen LogP contribution is -2.21. The summed E-state index contributed by atoms with van der Waals surface area (Å²) in [6.45, 7) is 0. The minimum absolute atomic E-state index is 0.222. The Hall–Kier alpha value is -2.07. The van der Waals surface area contributed by atoms with Crippen molar-refractivity contribution in [3.63, 3.8) is 0 Å². The van der Waals surface area contributed by atoms with Gasteiger partial charge in [-0.2, -0.15) is 0 Å². The second-order valence-electron chi connectivity index (χ2n) is 3.93. The number of anilines is 1. The van der Waals surface area contributed by atoms with Crippen molar-refractivity contribution in [1.29, 1.82) is 0 Å². The number of carbonyl (C=O) groups is 1. The van der Waals surface area contributed by atoms with E-state index in [2.05, 4.69) is 15.6 Å². The number of carbonyl (C=O) groups excluding carboxylic acids is 1. The van der Waals surface area contributed by atoms with Gasteiger partial charge < -0.3 is 10.6 Å². The lowest BCUT2D eigenvalue weighted by atomic mass is 10.1. The van der Waals surface area contributed by atoms with E-state index in [0.717, 1.165) is 11.3 Å². The maximum Gasteiger partial charge on any atom is 0.271 e. The molecule has 5 heteroatoms. The van der Waals surface area contributed by atoms with E-state index in [0.29, 0.717) is 16.4 Å². The van der Waals surface area contributed by atoms with Gasteiger partial charge in [-0.3, -0.25) is 4.79 Å². The van der Waals surface area contributed by atoms with Crippen LogP contribution in [-0.2, 0) is 0 Å². The Labute approximate surface area is 116 Å². The number of amides is 1. The summed E-state index contributed by atoms with van der Waals surface area (Å²) in [5.74, 6) is -0.222. The molecule has 0 aliphatic carbocycles. The molecule has 19 heavy (non-hydrogen) atoms. The highest BCUT2D eigenvalue weighted by Gasteiger charge is 2.12. The molecule has 0 spiro atoms. The summed E-state index contributed by atoms with van der Waals surface area (Å²) in [7, 11) is 3.34. The molecule has 0 aliphatic rings. The van der Waals surface area contributed by atoms with E-state index in [4.69, 9.17) is 11.6 Å². The van der Waals surface area contributed by atoms with Crippen LogP contribution in [0.1, 0.15) is 10.5 Å². The minimum Gasteiger partial charge on any atom is -0.386 e. The molecule has 1 heterocycles. The Morgan fingerprint density at radius 1 is 1.11 bits per heavy atom. The van der Waals surface area contributed by atoms with Gasteiger partial charge in [-0.05, 0) is 24.3 Å². The van der Waals surface area contributed by atoms with Gasteiger partial charge in [0, 0.05) is 24.7 Å². The van der Waals surface area contributed by atoms with Crippen LogP contribution < -0.4 is 10.6 Å². The third-order valence-electron chi connectivity index (χ3n) is 2.75. The summed E-state index contributed by atoms with van der Waals surface area (Å²) in [6, 6.07) is 11.0. The van der Waals surface area contributed by atoms with Crippen molar-refractivity contribution in [2.45, 2.75) is 0 Å². The lowest BCUT2D eigenvalue weighted by molar-refractivity contribution is 0.0959. The first-order chi connectivity index (χ1) is 9.15. The number of nitrogens with one attached hydrogen (secondary N) is 2. The predicted octanol–water partition coefficient (Wildman–Crippen LogP) is 2.80. The largest absolute Gasteiger partial charge is 0.386 e. The Kier molecular flexibility index (Phi) is 4.02. The second kappa shape index (κ2) is 5.71. The number of benzene rings is 1. The van der Waals surface area contributed by atoms with E-state index in [9.17, 15) is 4.79 Å². The van der Waals surface area contributed by atoms with Crippen molar-refractivity contribution in [3.05, 3.63) is 47.1 Å². The summed E-state index contributed by atoms with van der Waals surface area (Å²) < 4.78 is 0. The number of hydrogen-bond donors (Lipinski definition) is 2. The number of pyridine rings is 1. The van der Waals surface area contributed by atoms with Crippen molar-refractivity contribution in [3.8, 4) is 11.3 Å². The Morgan fingerprint density at radius 3 is 2.37 bits per heavy atom. The average Bonchev–Trinajstić information content (AvgIpc) is 2.46.